The lowest BCUT2D eigenvalue weighted by molar-refractivity contribution is -0.138. The molecule has 0 saturated heterocycles. The van der Waals surface area contributed by atoms with Gasteiger partial charge in [-0.05, 0) is 47.2 Å². The van der Waals surface area contributed by atoms with Crippen molar-refractivity contribution >= 4 is 52.1 Å². The van der Waals surface area contributed by atoms with Gasteiger partial charge < -0.3 is 14.9 Å². The SMILES string of the molecule is CCCCOC(=O)C(/C=N/N(C)C)=C(\O)c1cc(I)ccc1Cl. The molecule has 7 heteroatoms. The van der Waals surface area contributed by atoms with Crippen molar-refractivity contribution in [3.8, 4) is 0 Å². The predicted octanol–water partition coefficient (Wildman–Crippen LogP) is 4.10. The number of halogens is 2. The summed E-state index contributed by atoms with van der Waals surface area (Å²) in [7, 11) is 3.43. The quantitative estimate of drug-likeness (QED) is 0.129. The maximum atomic E-state index is 12.2. The standard InChI is InChI=1S/C16H20ClIN2O3/c1-4-5-8-23-16(22)13(10-19-20(2)3)15(21)12-9-11(18)6-7-14(12)17/h6-7,9-10,21H,4-5,8H2,1-3H3/b15-13-,19-10+. The second kappa shape index (κ2) is 9.77. The Morgan fingerprint density at radius 2 is 2.17 bits per heavy atom. The highest BCUT2D eigenvalue weighted by atomic mass is 127. The Hall–Kier alpha value is -1.28. The van der Waals surface area contributed by atoms with Crippen LogP contribution in [0.1, 0.15) is 25.3 Å². The van der Waals surface area contributed by atoms with Gasteiger partial charge in [0.05, 0.1) is 17.8 Å². The maximum Gasteiger partial charge on any atom is 0.343 e. The summed E-state index contributed by atoms with van der Waals surface area (Å²) in [5, 5.41) is 16.4. The number of esters is 1. The molecule has 0 unspecified atom stereocenters. The molecule has 0 aliphatic rings. The summed E-state index contributed by atoms with van der Waals surface area (Å²) in [6.07, 6.45) is 2.95. The van der Waals surface area contributed by atoms with E-state index in [0.717, 1.165) is 16.4 Å². The molecule has 1 aromatic carbocycles. The molecule has 126 valence electrons. The Balaban J connectivity index is 3.24. The zero-order chi connectivity index (χ0) is 17.4. The van der Waals surface area contributed by atoms with E-state index in [0.29, 0.717) is 17.2 Å². The Morgan fingerprint density at radius 1 is 1.48 bits per heavy atom. The fourth-order valence-corrected chi connectivity index (χ4v) is 2.29. The molecule has 0 heterocycles. The highest BCUT2D eigenvalue weighted by Gasteiger charge is 2.19. The van der Waals surface area contributed by atoms with Crippen LogP contribution in [-0.4, -0.2) is 43.0 Å². The van der Waals surface area contributed by atoms with Crippen molar-refractivity contribution in [3.05, 3.63) is 37.9 Å². The molecule has 0 fully saturated rings. The van der Waals surface area contributed by atoms with E-state index < -0.39 is 5.97 Å². The molecule has 0 atom stereocenters. The zero-order valence-corrected chi connectivity index (χ0v) is 16.3. The minimum absolute atomic E-state index is 0.0290. The van der Waals surface area contributed by atoms with E-state index in [1.807, 2.05) is 13.0 Å². The van der Waals surface area contributed by atoms with Gasteiger partial charge in [0.25, 0.3) is 0 Å². The van der Waals surface area contributed by atoms with Crippen LogP contribution in [0, 0.1) is 3.57 Å². The highest BCUT2D eigenvalue weighted by Crippen LogP contribution is 2.26. The largest absolute Gasteiger partial charge is 0.506 e. The first-order valence-electron chi connectivity index (χ1n) is 7.13. The van der Waals surface area contributed by atoms with Crippen molar-refractivity contribution in [2.45, 2.75) is 19.8 Å². The molecule has 23 heavy (non-hydrogen) atoms. The topological polar surface area (TPSA) is 62.1 Å². The van der Waals surface area contributed by atoms with Crippen LogP contribution >= 0.6 is 34.2 Å². The van der Waals surface area contributed by atoms with Crippen LogP contribution in [0.15, 0.2) is 28.9 Å². The van der Waals surface area contributed by atoms with Gasteiger partial charge in [-0.15, -0.1) is 0 Å². The smallest absolute Gasteiger partial charge is 0.343 e. The minimum atomic E-state index is -0.628. The predicted molar refractivity (Wildman–Crippen MR) is 102 cm³/mol. The first-order valence-corrected chi connectivity index (χ1v) is 8.59. The number of ether oxygens (including phenoxy) is 1. The van der Waals surface area contributed by atoms with E-state index in [-0.39, 0.29) is 11.3 Å². The Bertz CT molecular complexity index is 615. The van der Waals surface area contributed by atoms with Crippen LogP contribution in [0.3, 0.4) is 0 Å². The number of carbonyl (C=O) groups is 1. The van der Waals surface area contributed by atoms with E-state index in [9.17, 15) is 9.90 Å². The van der Waals surface area contributed by atoms with Gasteiger partial charge in [-0.3, -0.25) is 0 Å². The molecule has 0 amide bonds. The van der Waals surface area contributed by atoms with Crippen LogP contribution in [0.4, 0.5) is 0 Å². The summed E-state index contributed by atoms with van der Waals surface area (Å²) >= 11 is 8.23. The number of benzene rings is 1. The van der Waals surface area contributed by atoms with Crippen molar-refractivity contribution in [2.75, 3.05) is 20.7 Å². The average Bonchev–Trinajstić information content (AvgIpc) is 2.49. The van der Waals surface area contributed by atoms with Crippen molar-refractivity contribution in [1.29, 1.82) is 0 Å². The van der Waals surface area contributed by atoms with Gasteiger partial charge in [0.15, 0.2) is 0 Å². The number of nitrogens with zero attached hydrogens (tertiary/aromatic N) is 2. The second-order valence-corrected chi connectivity index (χ2v) is 6.62. The average molecular weight is 451 g/mol. The number of hydrogen-bond acceptors (Lipinski definition) is 5. The molecule has 1 aromatic rings. The minimum Gasteiger partial charge on any atom is -0.506 e. The maximum absolute atomic E-state index is 12.2. The van der Waals surface area contributed by atoms with Crippen LogP contribution in [0.5, 0.6) is 0 Å². The number of carbonyl (C=O) groups excluding carboxylic acids is 1. The summed E-state index contributed by atoms with van der Waals surface area (Å²) in [6, 6.07) is 5.17. The first-order chi connectivity index (χ1) is 10.9. The summed E-state index contributed by atoms with van der Waals surface area (Å²) in [5.74, 6) is -0.878. The number of aliphatic hydroxyl groups is 1. The van der Waals surface area contributed by atoms with Crippen LogP contribution in [0.2, 0.25) is 5.02 Å². The summed E-state index contributed by atoms with van der Waals surface area (Å²) in [6.45, 7) is 2.29. The molecule has 1 rings (SSSR count). The zero-order valence-electron chi connectivity index (χ0n) is 13.3. The molecule has 0 aliphatic carbocycles. The number of rotatable bonds is 7. The van der Waals surface area contributed by atoms with Crippen LogP contribution in [-0.2, 0) is 9.53 Å². The number of unbranched alkanes of at least 4 members (excludes halogenated alkanes) is 1. The van der Waals surface area contributed by atoms with Gasteiger partial charge >= 0.3 is 5.97 Å². The third-order valence-corrected chi connectivity index (χ3v) is 3.81. The number of hydrazone groups is 1. The summed E-state index contributed by atoms with van der Waals surface area (Å²) in [4.78, 5) is 12.2. The van der Waals surface area contributed by atoms with E-state index in [4.69, 9.17) is 16.3 Å². The third-order valence-electron chi connectivity index (χ3n) is 2.81. The lowest BCUT2D eigenvalue weighted by Crippen LogP contribution is -2.14. The molecule has 1 N–H and O–H groups in total. The number of aliphatic hydroxyl groups excluding tert-OH is 1. The van der Waals surface area contributed by atoms with Gasteiger partial charge in [-0.25, -0.2) is 4.79 Å². The Labute approximate surface area is 155 Å². The summed E-state index contributed by atoms with van der Waals surface area (Å²) in [5.41, 5.74) is 0.338. The fraction of sp³-hybridized carbons (Fsp3) is 0.375. The highest BCUT2D eigenvalue weighted by molar-refractivity contribution is 14.1. The Kier molecular flexibility index (Phi) is 8.40. The normalized spacial score (nSPS) is 12.2. The van der Waals surface area contributed by atoms with Crippen LogP contribution < -0.4 is 0 Å². The number of hydrogen-bond donors (Lipinski definition) is 1. The van der Waals surface area contributed by atoms with E-state index in [1.54, 1.807) is 26.2 Å². The van der Waals surface area contributed by atoms with Crippen LogP contribution in [0.25, 0.3) is 5.76 Å². The van der Waals surface area contributed by atoms with Crippen molar-refractivity contribution < 1.29 is 14.6 Å². The van der Waals surface area contributed by atoms with Crippen molar-refractivity contribution in [1.82, 2.24) is 5.01 Å². The van der Waals surface area contributed by atoms with Crippen molar-refractivity contribution in [3.63, 3.8) is 0 Å². The lowest BCUT2D eigenvalue weighted by Gasteiger charge is -2.10. The molecule has 0 aromatic heterocycles. The van der Waals surface area contributed by atoms with E-state index >= 15 is 0 Å². The fourth-order valence-electron chi connectivity index (χ4n) is 1.59. The van der Waals surface area contributed by atoms with Gasteiger partial charge in [-0.2, -0.15) is 5.10 Å². The Morgan fingerprint density at radius 3 is 2.78 bits per heavy atom. The van der Waals surface area contributed by atoms with E-state index in [1.165, 1.54) is 11.2 Å². The molecular formula is C16H20ClIN2O3. The lowest BCUT2D eigenvalue weighted by atomic mass is 10.1. The molecule has 0 spiro atoms. The van der Waals surface area contributed by atoms with Crippen molar-refractivity contribution in [2.24, 2.45) is 5.10 Å². The first kappa shape index (κ1) is 19.8. The van der Waals surface area contributed by atoms with Gasteiger partial charge in [0, 0.05) is 23.2 Å². The molecule has 0 saturated carbocycles. The molecule has 5 nitrogen and oxygen atoms in total. The molecule has 0 bridgehead atoms. The molecule has 0 aliphatic heterocycles. The third kappa shape index (κ3) is 6.39. The van der Waals surface area contributed by atoms with Gasteiger partial charge in [-0.1, -0.05) is 24.9 Å². The van der Waals surface area contributed by atoms with E-state index in [2.05, 4.69) is 27.7 Å². The molecular weight excluding hydrogens is 431 g/mol. The second-order valence-electron chi connectivity index (χ2n) is 4.97. The summed E-state index contributed by atoms with van der Waals surface area (Å²) < 4.78 is 6.06. The van der Waals surface area contributed by atoms with Gasteiger partial charge in [0.1, 0.15) is 11.3 Å². The monoisotopic (exact) mass is 450 g/mol. The van der Waals surface area contributed by atoms with Gasteiger partial charge in [0.2, 0.25) is 0 Å². The molecule has 0 radical (unpaired) electrons.